The lowest BCUT2D eigenvalue weighted by molar-refractivity contribution is -0.141. The number of hydrogen-bond donors (Lipinski definition) is 2. The van der Waals surface area contributed by atoms with Gasteiger partial charge in [0.2, 0.25) is 0 Å². The Balaban J connectivity index is 1.73. The van der Waals surface area contributed by atoms with Gasteiger partial charge >= 0.3 is 5.97 Å². The lowest BCUT2D eigenvalue weighted by Gasteiger charge is -2.16. The smallest absolute Gasteiger partial charge is 0.307 e. The Kier molecular flexibility index (Phi) is 5.21. The second kappa shape index (κ2) is 7.36. The van der Waals surface area contributed by atoms with Crippen LogP contribution in [-0.4, -0.2) is 17.6 Å². The van der Waals surface area contributed by atoms with E-state index in [1.165, 1.54) is 0 Å². The molecule has 5 heteroatoms. The van der Waals surface area contributed by atoms with Gasteiger partial charge in [0, 0.05) is 12.6 Å². The normalized spacial score (nSPS) is 20.1. The Bertz CT molecular complexity index is 710. The third-order valence-corrected chi connectivity index (χ3v) is 4.95. The number of carboxylic acid groups (broad SMARTS) is 1. The molecular formula is C19H20BrNO3. The highest BCUT2D eigenvalue weighted by atomic mass is 79.9. The molecule has 0 aromatic heterocycles. The predicted octanol–water partition coefficient (Wildman–Crippen LogP) is 4.07. The Hall–Kier alpha value is -1.85. The maximum absolute atomic E-state index is 11.1. The molecule has 1 fully saturated rings. The van der Waals surface area contributed by atoms with Crippen LogP contribution in [0.5, 0.6) is 5.75 Å². The average Bonchev–Trinajstić information content (AvgIpc) is 3.05. The minimum absolute atomic E-state index is 0.0734. The van der Waals surface area contributed by atoms with E-state index >= 15 is 0 Å². The molecule has 0 amide bonds. The summed E-state index contributed by atoms with van der Waals surface area (Å²) < 4.78 is 6.87. The van der Waals surface area contributed by atoms with Gasteiger partial charge in [0.15, 0.2) is 0 Å². The number of hydrogen-bond acceptors (Lipinski definition) is 3. The van der Waals surface area contributed by atoms with Crippen LogP contribution in [0.2, 0.25) is 0 Å². The minimum Gasteiger partial charge on any atom is -0.487 e. The fraction of sp³-hybridized carbons (Fsp3) is 0.316. The van der Waals surface area contributed by atoms with Gasteiger partial charge in [0.05, 0.1) is 10.4 Å². The first-order valence-corrected chi connectivity index (χ1v) is 8.77. The van der Waals surface area contributed by atoms with Gasteiger partial charge in [-0.25, -0.2) is 0 Å². The lowest BCUT2D eigenvalue weighted by Crippen LogP contribution is -2.17. The largest absolute Gasteiger partial charge is 0.487 e. The summed E-state index contributed by atoms with van der Waals surface area (Å²) in [7, 11) is 0. The van der Waals surface area contributed by atoms with Crippen LogP contribution in [0.25, 0.3) is 0 Å². The Morgan fingerprint density at radius 2 is 2.08 bits per heavy atom. The van der Waals surface area contributed by atoms with E-state index < -0.39 is 5.97 Å². The zero-order valence-corrected chi connectivity index (χ0v) is 15.0. The molecule has 2 aromatic carbocycles. The first-order chi connectivity index (χ1) is 11.5. The van der Waals surface area contributed by atoms with Gasteiger partial charge < -0.3 is 15.2 Å². The lowest BCUT2D eigenvalue weighted by atomic mass is 9.98. The van der Waals surface area contributed by atoms with Gasteiger partial charge in [-0.15, -0.1) is 0 Å². The average molecular weight is 390 g/mol. The molecule has 2 N–H and O–H groups in total. The van der Waals surface area contributed by atoms with Crippen LogP contribution in [0.3, 0.4) is 0 Å². The molecule has 0 aliphatic carbocycles. The molecule has 0 spiro atoms. The Labute approximate surface area is 150 Å². The van der Waals surface area contributed by atoms with E-state index in [-0.39, 0.29) is 12.0 Å². The highest BCUT2D eigenvalue weighted by Gasteiger charge is 2.30. The molecule has 1 saturated heterocycles. The minimum atomic E-state index is -0.733. The SMILES string of the molecule is Cc1cc(C2CC(C(=O)O)CN2)cc(Br)c1OCc1ccccc1. The number of carbonyl (C=O) groups is 1. The maximum Gasteiger partial charge on any atom is 0.307 e. The van der Waals surface area contributed by atoms with Crippen LogP contribution in [-0.2, 0) is 11.4 Å². The number of halogens is 1. The second-order valence-corrected chi connectivity index (χ2v) is 7.01. The fourth-order valence-corrected chi connectivity index (χ4v) is 3.74. The van der Waals surface area contributed by atoms with Gasteiger partial charge in [0.1, 0.15) is 12.4 Å². The summed E-state index contributed by atoms with van der Waals surface area (Å²) in [6.07, 6.45) is 0.617. The van der Waals surface area contributed by atoms with Crippen molar-refractivity contribution in [3.8, 4) is 5.75 Å². The fourth-order valence-electron chi connectivity index (χ4n) is 3.05. The summed E-state index contributed by atoms with van der Waals surface area (Å²) in [6.45, 7) is 3.05. The van der Waals surface area contributed by atoms with Crippen LogP contribution >= 0.6 is 15.9 Å². The van der Waals surface area contributed by atoms with Gasteiger partial charge in [0.25, 0.3) is 0 Å². The predicted molar refractivity (Wildman–Crippen MR) is 96.1 cm³/mol. The Morgan fingerprint density at radius 3 is 2.71 bits per heavy atom. The van der Waals surface area contributed by atoms with Crippen LogP contribution < -0.4 is 10.1 Å². The molecule has 1 aliphatic heterocycles. The van der Waals surface area contributed by atoms with Gasteiger partial charge in [-0.05, 0) is 52.0 Å². The first-order valence-electron chi connectivity index (χ1n) is 7.97. The summed E-state index contributed by atoms with van der Waals surface area (Å²) in [5, 5.41) is 12.4. The number of benzene rings is 2. The van der Waals surface area contributed by atoms with Crippen molar-refractivity contribution in [3.63, 3.8) is 0 Å². The quantitative estimate of drug-likeness (QED) is 0.808. The van der Waals surface area contributed by atoms with E-state index in [1.54, 1.807) is 0 Å². The van der Waals surface area contributed by atoms with E-state index in [4.69, 9.17) is 9.84 Å². The van der Waals surface area contributed by atoms with E-state index in [2.05, 4.69) is 27.3 Å². The summed E-state index contributed by atoms with van der Waals surface area (Å²) in [6, 6.07) is 14.2. The standard InChI is InChI=1S/C19H20BrNO3/c1-12-7-14(17-9-15(10-21-17)19(22)23)8-16(20)18(12)24-11-13-5-3-2-4-6-13/h2-8,15,17,21H,9-11H2,1H3,(H,22,23). The van der Waals surface area contributed by atoms with Crippen molar-refractivity contribution in [2.24, 2.45) is 5.92 Å². The van der Waals surface area contributed by atoms with Crippen molar-refractivity contribution >= 4 is 21.9 Å². The second-order valence-electron chi connectivity index (χ2n) is 6.15. The molecule has 24 heavy (non-hydrogen) atoms. The van der Waals surface area contributed by atoms with Crippen molar-refractivity contribution in [1.29, 1.82) is 0 Å². The number of carboxylic acids is 1. The molecule has 1 heterocycles. The van der Waals surface area contributed by atoms with Crippen LogP contribution in [0, 0.1) is 12.8 Å². The van der Waals surface area contributed by atoms with Crippen molar-refractivity contribution in [3.05, 3.63) is 63.6 Å². The molecule has 2 aromatic rings. The molecule has 126 valence electrons. The van der Waals surface area contributed by atoms with Crippen molar-refractivity contribution in [2.75, 3.05) is 6.54 Å². The van der Waals surface area contributed by atoms with E-state index in [0.717, 1.165) is 26.9 Å². The highest BCUT2D eigenvalue weighted by molar-refractivity contribution is 9.10. The zero-order chi connectivity index (χ0) is 17.1. The molecular weight excluding hydrogens is 370 g/mol. The number of aliphatic carboxylic acids is 1. The number of nitrogens with one attached hydrogen (secondary N) is 1. The number of ether oxygens (including phenoxy) is 1. The molecule has 0 bridgehead atoms. The first kappa shape index (κ1) is 17.0. The van der Waals surface area contributed by atoms with Gasteiger partial charge in [-0.1, -0.05) is 36.4 Å². The zero-order valence-electron chi connectivity index (χ0n) is 13.5. The van der Waals surface area contributed by atoms with Crippen molar-refractivity contribution < 1.29 is 14.6 Å². The van der Waals surface area contributed by atoms with Crippen LogP contribution in [0.4, 0.5) is 0 Å². The molecule has 3 rings (SSSR count). The summed E-state index contributed by atoms with van der Waals surface area (Å²) >= 11 is 3.59. The molecule has 2 unspecified atom stereocenters. The topological polar surface area (TPSA) is 58.6 Å². The summed E-state index contributed by atoms with van der Waals surface area (Å²) in [4.78, 5) is 11.1. The Morgan fingerprint density at radius 1 is 1.33 bits per heavy atom. The van der Waals surface area contributed by atoms with E-state index in [9.17, 15) is 4.79 Å². The molecule has 0 radical (unpaired) electrons. The van der Waals surface area contributed by atoms with E-state index in [0.29, 0.717) is 19.6 Å². The molecule has 1 aliphatic rings. The monoisotopic (exact) mass is 389 g/mol. The van der Waals surface area contributed by atoms with Crippen LogP contribution in [0.1, 0.15) is 29.2 Å². The van der Waals surface area contributed by atoms with Crippen molar-refractivity contribution in [2.45, 2.75) is 26.0 Å². The number of aryl methyl sites for hydroxylation is 1. The molecule has 4 nitrogen and oxygen atoms in total. The van der Waals surface area contributed by atoms with Gasteiger partial charge in [-0.2, -0.15) is 0 Å². The number of rotatable bonds is 5. The maximum atomic E-state index is 11.1. The third kappa shape index (κ3) is 3.79. The van der Waals surface area contributed by atoms with Gasteiger partial charge in [-0.3, -0.25) is 4.79 Å². The summed E-state index contributed by atoms with van der Waals surface area (Å²) in [5.41, 5.74) is 3.25. The van der Waals surface area contributed by atoms with E-state index in [1.807, 2.05) is 43.3 Å². The molecule has 0 saturated carbocycles. The summed E-state index contributed by atoms with van der Waals surface area (Å²) in [5.74, 6) is -0.220. The molecule has 2 atom stereocenters. The highest BCUT2D eigenvalue weighted by Crippen LogP contribution is 2.36. The third-order valence-electron chi connectivity index (χ3n) is 4.36. The van der Waals surface area contributed by atoms with Crippen molar-refractivity contribution in [1.82, 2.24) is 5.32 Å². The van der Waals surface area contributed by atoms with Crippen LogP contribution in [0.15, 0.2) is 46.9 Å².